The number of nitrogens with two attached hydrogens (primary N) is 1. The molecule has 1 amide bonds. The normalized spacial score (nSPS) is 22.5. The summed E-state index contributed by atoms with van der Waals surface area (Å²) in [5, 5.41) is 1.03. The number of carbonyl (C=O) groups excluding carboxylic acids is 1. The molecule has 116 valence electrons. The Kier molecular flexibility index (Phi) is 5.53. The summed E-state index contributed by atoms with van der Waals surface area (Å²) in [5.74, 6) is 0.455. The molecule has 1 fully saturated rings. The first-order chi connectivity index (χ1) is 9.99. The Morgan fingerprint density at radius 3 is 2.43 bits per heavy atom. The number of rotatable bonds is 5. The summed E-state index contributed by atoms with van der Waals surface area (Å²) in [6, 6.07) is 5.30. The summed E-state index contributed by atoms with van der Waals surface area (Å²) in [4.78, 5) is 14.4. The maximum atomic E-state index is 12.5. The van der Waals surface area contributed by atoms with Crippen LogP contribution >= 0.6 is 23.2 Å². The van der Waals surface area contributed by atoms with Crippen molar-refractivity contribution < 1.29 is 4.79 Å². The van der Waals surface area contributed by atoms with Crippen LogP contribution < -0.4 is 5.73 Å². The quantitative estimate of drug-likeness (QED) is 0.891. The molecular formula is C16H22Cl2N2O. The zero-order valence-electron chi connectivity index (χ0n) is 12.5. The van der Waals surface area contributed by atoms with Crippen LogP contribution in [-0.2, 0) is 4.79 Å². The Hall–Kier alpha value is -0.770. The SMILES string of the molecule is CCN(CC)C(=O)[C@@H]1CC[C@@H]1C(N)c1ccc(Cl)c(Cl)c1. The van der Waals surface area contributed by atoms with Gasteiger partial charge in [0.1, 0.15) is 0 Å². The van der Waals surface area contributed by atoms with E-state index in [1.54, 1.807) is 6.07 Å². The summed E-state index contributed by atoms with van der Waals surface area (Å²) in [7, 11) is 0. The highest BCUT2D eigenvalue weighted by Gasteiger charge is 2.41. The van der Waals surface area contributed by atoms with E-state index in [0.29, 0.717) is 10.0 Å². The molecule has 0 heterocycles. The molecule has 0 aromatic heterocycles. The van der Waals surface area contributed by atoms with E-state index in [0.717, 1.165) is 31.5 Å². The van der Waals surface area contributed by atoms with Gasteiger partial charge in [-0.1, -0.05) is 29.3 Å². The van der Waals surface area contributed by atoms with E-state index < -0.39 is 0 Å². The highest BCUT2D eigenvalue weighted by molar-refractivity contribution is 6.42. The van der Waals surface area contributed by atoms with Gasteiger partial charge in [0.25, 0.3) is 0 Å². The van der Waals surface area contributed by atoms with Gasteiger partial charge in [-0.2, -0.15) is 0 Å². The van der Waals surface area contributed by atoms with Gasteiger partial charge < -0.3 is 10.6 Å². The fourth-order valence-electron chi connectivity index (χ4n) is 3.00. The van der Waals surface area contributed by atoms with Gasteiger partial charge in [0, 0.05) is 25.0 Å². The van der Waals surface area contributed by atoms with E-state index in [9.17, 15) is 4.79 Å². The van der Waals surface area contributed by atoms with Gasteiger partial charge in [-0.3, -0.25) is 4.79 Å². The first kappa shape index (κ1) is 16.6. The lowest BCUT2D eigenvalue weighted by Crippen LogP contribution is -2.46. The minimum atomic E-state index is -0.168. The van der Waals surface area contributed by atoms with E-state index in [4.69, 9.17) is 28.9 Å². The predicted molar refractivity (Wildman–Crippen MR) is 87.5 cm³/mol. The van der Waals surface area contributed by atoms with Crippen LogP contribution in [0.3, 0.4) is 0 Å². The first-order valence-electron chi connectivity index (χ1n) is 7.48. The summed E-state index contributed by atoms with van der Waals surface area (Å²) in [6.07, 6.45) is 1.91. The molecule has 21 heavy (non-hydrogen) atoms. The molecule has 1 unspecified atom stereocenters. The molecule has 1 saturated carbocycles. The van der Waals surface area contributed by atoms with Crippen LogP contribution in [0.5, 0.6) is 0 Å². The molecule has 0 saturated heterocycles. The Labute approximate surface area is 136 Å². The lowest BCUT2D eigenvalue weighted by atomic mass is 9.67. The van der Waals surface area contributed by atoms with Gasteiger partial charge >= 0.3 is 0 Å². The van der Waals surface area contributed by atoms with Gasteiger partial charge in [0.2, 0.25) is 5.91 Å². The van der Waals surface area contributed by atoms with Crippen molar-refractivity contribution in [2.45, 2.75) is 32.7 Å². The van der Waals surface area contributed by atoms with Gasteiger partial charge in [-0.25, -0.2) is 0 Å². The third-order valence-electron chi connectivity index (χ3n) is 4.51. The number of amides is 1. The predicted octanol–water partition coefficient (Wildman–Crippen LogP) is 3.89. The van der Waals surface area contributed by atoms with E-state index in [2.05, 4.69) is 0 Å². The Balaban J connectivity index is 2.11. The van der Waals surface area contributed by atoms with Crippen molar-refractivity contribution in [3.63, 3.8) is 0 Å². The van der Waals surface area contributed by atoms with Crippen LogP contribution in [0.15, 0.2) is 18.2 Å². The highest BCUT2D eigenvalue weighted by atomic mass is 35.5. The summed E-state index contributed by atoms with van der Waals surface area (Å²) in [5.41, 5.74) is 7.31. The van der Waals surface area contributed by atoms with Gasteiger partial charge in [0.05, 0.1) is 10.0 Å². The van der Waals surface area contributed by atoms with Crippen molar-refractivity contribution in [1.82, 2.24) is 4.90 Å². The third-order valence-corrected chi connectivity index (χ3v) is 5.25. The molecule has 2 rings (SSSR count). The van der Waals surface area contributed by atoms with Gasteiger partial charge in [-0.05, 0) is 50.3 Å². The van der Waals surface area contributed by atoms with E-state index in [1.807, 2.05) is 30.9 Å². The zero-order valence-corrected chi connectivity index (χ0v) is 14.0. The molecule has 3 nitrogen and oxygen atoms in total. The first-order valence-corrected chi connectivity index (χ1v) is 8.24. The van der Waals surface area contributed by atoms with Crippen molar-refractivity contribution in [3.8, 4) is 0 Å². The maximum Gasteiger partial charge on any atom is 0.226 e. The molecule has 5 heteroatoms. The van der Waals surface area contributed by atoms with Crippen molar-refractivity contribution in [3.05, 3.63) is 33.8 Å². The number of hydrogen-bond acceptors (Lipinski definition) is 2. The van der Waals surface area contributed by atoms with Crippen molar-refractivity contribution in [2.75, 3.05) is 13.1 Å². The van der Waals surface area contributed by atoms with Crippen LogP contribution in [0, 0.1) is 11.8 Å². The van der Waals surface area contributed by atoms with Crippen LogP contribution in [0.1, 0.15) is 38.3 Å². The van der Waals surface area contributed by atoms with Crippen molar-refractivity contribution in [2.24, 2.45) is 17.6 Å². The lowest BCUT2D eigenvalue weighted by molar-refractivity contribution is -0.141. The van der Waals surface area contributed by atoms with Crippen LogP contribution in [0.2, 0.25) is 10.0 Å². The second kappa shape index (κ2) is 6.99. The Bertz CT molecular complexity index is 517. The number of hydrogen-bond donors (Lipinski definition) is 1. The summed E-state index contributed by atoms with van der Waals surface area (Å²) >= 11 is 12.0. The number of carbonyl (C=O) groups is 1. The van der Waals surface area contributed by atoms with E-state index in [-0.39, 0.29) is 23.8 Å². The monoisotopic (exact) mass is 328 g/mol. The molecule has 1 aromatic carbocycles. The van der Waals surface area contributed by atoms with E-state index in [1.165, 1.54) is 0 Å². The zero-order chi connectivity index (χ0) is 15.6. The molecule has 1 aromatic rings. The average molecular weight is 329 g/mol. The molecule has 0 bridgehead atoms. The fourth-order valence-corrected chi connectivity index (χ4v) is 3.31. The molecule has 0 aliphatic heterocycles. The maximum absolute atomic E-state index is 12.5. The van der Waals surface area contributed by atoms with Crippen LogP contribution in [0.25, 0.3) is 0 Å². The molecule has 0 radical (unpaired) electrons. The molecular weight excluding hydrogens is 307 g/mol. The average Bonchev–Trinajstić information content (AvgIpc) is 2.42. The van der Waals surface area contributed by atoms with Crippen LogP contribution in [0.4, 0.5) is 0 Å². The topological polar surface area (TPSA) is 46.3 Å². The minimum Gasteiger partial charge on any atom is -0.343 e. The molecule has 3 atom stereocenters. The highest BCUT2D eigenvalue weighted by Crippen LogP contribution is 2.43. The summed E-state index contributed by atoms with van der Waals surface area (Å²) < 4.78 is 0. The van der Waals surface area contributed by atoms with Crippen molar-refractivity contribution in [1.29, 1.82) is 0 Å². The number of halogens is 2. The second-order valence-corrected chi connectivity index (χ2v) is 6.37. The third kappa shape index (κ3) is 3.36. The van der Waals surface area contributed by atoms with E-state index >= 15 is 0 Å². The molecule has 0 spiro atoms. The molecule has 1 aliphatic rings. The Morgan fingerprint density at radius 2 is 1.95 bits per heavy atom. The fraction of sp³-hybridized carbons (Fsp3) is 0.562. The van der Waals surface area contributed by atoms with Crippen molar-refractivity contribution >= 4 is 29.1 Å². The Morgan fingerprint density at radius 1 is 1.29 bits per heavy atom. The smallest absolute Gasteiger partial charge is 0.226 e. The lowest BCUT2D eigenvalue weighted by Gasteiger charge is -2.41. The van der Waals surface area contributed by atoms with Crippen LogP contribution in [-0.4, -0.2) is 23.9 Å². The van der Waals surface area contributed by atoms with Gasteiger partial charge in [-0.15, -0.1) is 0 Å². The largest absolute Gasteiger partial charge is 0.343 e. The number of benzene rings is 1. The number of nitrogens with zero attached hydrogens (tertiary/aromatic N) is 1. The standard InChI is InChI=1S/C16H22Cl2N2O/c1-3-20(4-2)16(21)12-7-6-11(12)15(19)10-5-8-13(17)14(18)9-10/h5,8-9,11-12,15H,3-4,6-7,19H2,1-2H3/t11-,12+,15?/m0/s1. The molecule has 1 aliphatic carbocycles. The minimum absolute atomic E-state index is 0.0364. The summed E-state index contributed by atoms with van der Waals surface area (Å²) in [6.45, 7) is 5.52. The molecule has 2 N–H and O–H groups in total. The van der Waals surface area contributed by atoms with Gasteiger partial charge in [0.15, 0.2) is 0 Å². The second-order valence-electron chi connectivity index (χ2n) is 5.56.